The number of carbonyl (C=O) groups is 1. The fourth-order valence-corrected chi connectivity index (χ4v) is 3.30. The Morgan fingerprint density at radius 3 is 2.67 bits per heavy atom. The van der Waals surface area contributed by atoms with Crippen molar-refractivity contribution in [1.29, 1.82) is 5.26 Å². The van der Waals surface area contributed by atoms with Gasteiger partial charge in [0.1, 0.15) is 12.7 Å². The first-order valence-corrected chi connectivity index (χ1v) is 10.2. The summed E-state index contributed by atoms with van der Waals surface area (Å²) >= 11 is 0.811. The fraction of sp³-hybridized carbons (Fsp3) is 0.400. The summed E-state index contributed by atoms with van der Waals surface area (Å²) in [5, 5.41) is 28.3. The van der Waals surface area contributed by atoms with Crippen molar-refractivity contribution in [3.8, 4) is 6.07 Å². The zero-order chi connectivity index (χ0) is 22.3. The second kappa shape index (κ2) is 10.5. The van der Waals surface area contributed by atoms with Crippen molar-refractivity contribution in [3.05, 3.63) is 45.5 Å². The predicted molar refractivity (Wildman–Crippen MR) is 115 cm³/mol. The van der Waals surface area contributed by atoms with Gasteiger partial charge in [0.15, 0.2) is 5.00 Å². The molecule has 0 radical (unpaired) electrons. The first-order chi connectivity index (χ1) is 14.3. The molecule has 0 aliphatic carbocycles. The zero-order valence-corrected chi connectivity index (χ0v) is 18.1. The van der Waals surface area contributed by atoms with E-state index in [2.05, 4.69) is 15.1 Å². The lowest BCUT2D eigenvalue weighted by molar-refractivity contribution is -0.380. The maximum absolute atomic E-state index is 11.6. The normalized spacial score (nSPS) is 10.9. The van der Waals surface area contributed by atoms with E-state index in [0.717, 1.165) is 29.1 Å². The number of aryl methyl sites for hydroxylation is 1. The summed E-state index contributed by atoms with van der Waals surface area (Å²) in [6, 6.07) is 8.72. The summed E-state index contributed by atoms with van der Waals surface area (Å²) in [4.78, 5) is 24.0. The fourth-order valence-electron chi connectivity index (χ4n) is 2.55. The van der Waals surface area contributed by atoms with Gasteiger partial charge in [-0.2, -0.15) is 5.26 Å². The maximum atomic E-state index is 11.6. The van der Waals surface area contributed by atoms with Crippen LogP contribution in [0.1, 0.15) is 31.9 Å². The second-order valence-corrected chi connectivity index (χ2v) is 7.75. The smallest absolute Gasteiger partial charge is 0.327 e. The van der Waals surface area contributed by atoms with Gasteiger partial charge in [-0.25, -0.2) is 0 Å². The van der Waals surface area contributed by atoms with Crippen molar-refractivity contribution < 1.29 is 14.5 Å². The molecule has 0 amide bonds. The van der Waals surface area contributed by atoms with Gasteiger partial charge < -0.3 is 9.64 Å². The van der Waals surface area contributed by atoms with Crippen LogP contribution in [0.15, 0.2) is 34.5 Å². The van der Waals surface area contributed by atoms with E-state index in [-0.39, 0.29) is 27.5 Å². The molecule has 0 atom stereocenters. The molecule has 0 saturated carbocycles. The van der Waals surface area contributed by atoms with Gasteiger partial charge in [0.05, 0.1) is 28.6 Å². The summed E-state index contributed by atoms with van der Waals surface area (Å²) in [6.07, 6.45) is 0. The number of esters is 1. The Kier molecular flexibility index (Phi) is 8.00. The van der Waals surface area contributed by atoms with E-state index in [1.807, 2.05) is 32.0 Å². The summed E-state index contributed by atoms with van der Waals surface area (Å²) in [5.74, 6) is -0.373. The van der Waals surface area contributed by atoms with Gasteiger partial charge in [-0.05, 0) is 48.9 Å². The van der Waals surface area contributed by atoms with Crippen molar-refractivity contribution >= 4 is 38.7 Å². The van der Waals surface area contributed by atoms with E-state index >= 15 is 0 Å². The maximum Gasteiger partial charge on any atom is 0.327 e. The Labute approximate surface area is 178 Å². The molecule has 158 valence electrons. The van der Waals surface area contributed by atoms with Gasteiger partial charge >= 0.3 is 11.0 Å². The van der Waals surface area contributed by atoms with E-state index in [0.29, 0.717) is 18.8 Å². The lowest BCUT2D eigenvalue weighted by Gasteiger charge is -2.23. The molecule has 0 N–H and O–H groups in total. The lowest BCUT2D eigenvalue weighted by atomic mass is 10.1. The highest BCUT2D eigenvalue weighted by atomic mass is 32.1. The topological polar surface area (TPSA) is 121 Å². The number of rotatable bonds is 9. The molecule has 0 bridgehead atoms. The number of carbonyl (C=O) groups excluding carboxylic acids is 1. The van der Waals surface area contributed by atoms with Crippen LogP contribution in [0.25, 0.3) is 0 Å². The minimum absolute atomic E-state index is 0.123. The number of azo groups is 1. The number of thiophene rings is 1. The van der Waals surface area contributed by atoms with Crippen LogP contribution in [0.3, 0.4) is 0 Å². The van der Waals surface area contributed by atoms with E-state index in [4.69, 9.17) is 10.00 Å². The molecule has 0 fully saturated rings. The molecular weight excluding hydrogens is 406 g/mol. The molecule has 0 spiro atoms. The molecule has 9 nitrogen and oxygen atoms in total. The minimum Gasteiger partial charge on any atom is -0.464 e. The van der Waals surface area contributed by atoms with Gasteiger partial charge in [0.2, 0.25) is 0 Å². The third kappa shape index (κ3) is 5.84. The number of hydrogen-bond donors (Lipinski definition) is 0. The third-order valence-electron chi connectivity index (χ3n) is 4.25. The largest absolute Gasteiger partial charge is 0.464 e. The number of hydrogen-bond acceptors (Lipinski definition) is 9. The summed E-state index contributed by atoms with van der Waals surface area (Å²) in [6.45, 7) is 9.10. The van der Waals surface area contributed by atoms with E-state index in [9.17, 15) is 14.9 Å². The van der Waals surface area contributed by atoms with Crippen molar-refractivity contribution in [1.82, 2.24) is 0 Å². The summed E-state index contributed by atoms with van der Waals surface area (Å²) < 4.78 is 5.25. The van der Waals surface area contributed by atoms with Gasteiger partial charge in [-0.1, -0.05) is 13.8 Å². The molecule has 1 heterocycles. The molecule has 10 heteroatoms. The number of benzene rings is 1. The average molecular weight is 430 g/mol. The standard InChI is InChI=1S/C20H23N5O4S/c1-5-24(8-9-29-20(26)13(2)3)16-6-7-17(14(4)10-16)22-23-19-15(12-21)11-18(30-19)25(27)28/h6-7,10-11,13H,5,8-9H2,1-4H3. The number of nitriles is 1. The highest BCUT2D eigenvalue weighted by molar-refractivity contribution is 7.19. The average Bonchev–Trinajstić information content (AvgIpc) is 3.13. The number of ether oxygens (including phenoxy) is 1. The van der Waals surface area contributed by atoms with E-state index in [1.54, 1.807) is 19.9 Å². The number of nitro groups is 1. The first kappa shape index (κ1) is 23.0. The Morgan fingerprint density at radius 1 is 1.37 bits per heavy atom. The number of nitrogens with zero attached hydrogens (tertiary/aromatic N) is 5. The van der Waals surface area contributed by atoms with Gasteiger partial charge in [-0.15, -0.1) is 10.2 Å². The summed E-state index contributed by atoms with van der Waals surface area (Å²) in [5.41, 5.74) is 2.54. The Balaban J connectivity index is 2.12. The van der Waals surface area contributed by atoms with Crippen molar-refractivity contribution in [2.75, 3.05) is 24.6 Å². The van der Waals surface area contributed by atoms with Crippen LogP contribution >= 0.6 is 11.3 Å². The Hall–Kier alpha value is -3.32. The molecule has 30 heavy (non-hydrogen) atoms. The molecule has 2 rings (SSSR count). The van der Waals surface area contributed by atoms with Crippen molar-refractivity contribution in [2.24, 2.45) is 16.1 Å². The monoisotopic (exact) mass is 429 g/mol. The predicted octanol–water partition coefficient (Wildman–Crippen LogP) is 5.28. The quantitative estimate of drug-likeness (QED) is 0.231. The van der Waals surface area contributed by atoms with E-state index < -0.39 is 4.92 Å². The Bertz CT molecular complexity index is 994. The Morgan fingerprint density at radius 2 is 2.10 bits per heavy atom. The van der Waals surface area contributed by atoms with Gasteiger partial charge in [-0.3, -0.25) is 14.9 Å². The lowest BCUT2D eigenvalue weighted by Crippen LogP contribution is -2.28. The number of anilines is 1. The molecule has 0 aliphatic heterocycles. The van der Waals surface area contributed by atoms with Gasteiger partial charge in [0, 0.05) is 18.3 Å². The van der Waals surface area contributed by atoms with Crippen LogP contribution < -0.4 is 4.90 Å². The van der Waals surface area contributed by atoms with Gasteiger partial charge in [0.25, 0.3) is 0 Å². The first-order valence-electron chi connectivity index (χ1n) is 9.39. The second-order valence-electron chi connectivity index (χ2n) is 6.75. The van der Waals surface area contributed by atoms with E-state index in [1.165, 1.54) is 6.07 Å². The molecule has 1 aromatic carbocycles. The molecule has 2 aromatic rings. The number of likely N-dealkylation sites (N-methyl/N-ethyl adjacent to an activating group) is 1. The molecule has 1 aromatic heterocycles. The zero-order valence-electron chi connectivity index (χ0n) is 17.3. The molecule has 0 aliphatic rings. The van der Waals surface area contributed by atoms with Crippen molar-refractivity contribution in [3.63, 3.8) is 0 Å². The minimum atomic E-state index is -0.553. The van der Waals surface area contributed by atoms with Crippen LogP contribution in [0, 0.1) is 34.3 Å². The highest BCUT2D eigenvalue weighted by Crippen LogP contribution is 2.37. The molecular formula is C20H23N5O4S. The highest BCUT2D eigenvalue weighted by Gasteiger charge is 2.16. The van der Waals surface area contributed by atoms with Crippen LogP contribution in [0.2, 0.25) is 0 Å². The van der Waals surface area contributed by atoms with Crippen molar-refractivity contribution in [2.45, 2.75) is 27.7 Å². The van der Waals surface area contributed by atoms with Crippen LogP contribution in [0.5, 0.6) is 0 Å². The molecule has 0 unspecified atom stereocenters. The molecule has 0 saturated heterocycles. The third-order valence-corrected chi connectivity index (χ3v) is 5.22. The van der Waals surface area contributed by atoms with Crippen LogP contribution in [-0.4, -0.2) is 30.6 Å². The van der Waals surface area contributed by atoms with Crippen LogP contribution in [-0.2, 0) is 9.53 Å². The van der Waals surface area contributed by atoms with Crippen LogP contribution in [0.4, 0.5) is 21.4 Å². The summed E-state index contributed by atoms with van der Waals surface area (Å²) in [7, 11) is 0. The SMILES string of the molecule is CCN(CCOC(=O)C(C)C)c1ccc(N=Nc2sc([N+](=O)[O-])cc2C#N)c(C)c1.